The molecule has 1 amide bonds. The first-order valence-corrected chi connectivity index (χ1v) is 6.62. The Morgan fingerprint density at radius 1 is 1.24 bits per heavy atom. The van der Waals surface area contributed by atoms with Crippen LogP contribution in [-0.4, -0.2) is 23.5 Å². The van der Waals surface area contributed by atoms with Crippen molar-refractivity contribution in [2.24, 2.45) is 0 Å². The van der Waals surface area contributed by atoms with E-state index in [9.17, 15) is 9.59 Å². The highest BCUT2D eigenvalue weighted by Gasteiger charge is 2.16. The third kappa shape index (κ3) is 3.66. The largest absolute Gasteiger partial charge is 0.450 e. The molecule has 2 aromatic rings. The van der Waals surface area contributed by atoms with Crippen molar-refractivity contribution in [3.8, 4) is 0 Å². The van der Waals surface area contributed by atoms with Crippen molar-refractivity contribution in [3.05, 3.63) is 59.4 Å². The van der Waals surface area contributed by atoms with Crippen molar-refractivity contribution in [1.29, 1.82) is 0 Å². The number of benzene rings is 1. The molecule has 21 heavy (non-hydrogen) atoms. The van der Waals surface area contributed by atoms with Crippen LogP contribution >= 0.6 is 0 Å². The highest BCUT2D eigenvalue weighted by molar-refractivity contribution is 6.12. The fraction of sp³-hybridized carbons (Fsp3) is 0.188. The molecule has 0 aliphatic carbocycles. The van der Waals surface area contributed by atoms with Crippen LogP contribution in [0, 0.1) is 6.92 Å². The smallest absolute Gasteiger partial charge is 0.411 e. The van der Waals surface area contributed by atoms with Crippen LogP contribution in [0.25, 0.3) is 0 Å². The topological polar surface area (TPSA) is 68.3 Å². The number of ether oxygens (including phenoxy) is 1. The zero-order chi connectivity index (χ0) is 15.2. The van der Waals surface area contributed by atoms with E-state index in [1.807, 2.05) is 13.0 Å². The number of hydrogen-bond donors (Lipinski definition) is 1. The molecular weight excluding hydrogens is 268 g/mol. The summed E-state index contributed by atoms with van der Waals surface area (Å²) in [4.78, 5) is 28.1. The van der Waals surface area contributed by atoms with Crippen molar-refractivity contribution < 1.29 is 14.3 Å². The molecular formula is C16H16N2O3. The van der Waals surface area contributed by atoms with Crippen LogP contribution in [0.15, 0.2) is 42.6 Å². The van der Waals surface area contributed by atoms with Crippen molar-refractivity contribution in [3.63, 3.8) is 0 Å². The highest BCUT2D eigenvalue weighted by atomic mass is 16.5. The number of carbonyl (C=O) groups is 2. The number of aryl methyl sites for hydroxylation is 1. The zero-order valence-electron chi connectivity index (χ0n) is 11.9. The Hall–Kier alpha value is -2.69. The third-order valence-electron chi connectivity index (χ3n) is 2.83. The van der Waals surface area contributed by atoms with E-state index >= 15 is 0 Å². The van der Waals surface area contributed by atoms with Gasteiger partial charge in [-0.3, -0.25) is 15.1 Å². The number of aromatic nitrogens is 1. The molecule has 108 valence electrons. The van der Waals surface area contributed by atoms with Gasteiger partial charge in [-0.15, -0.1) is 0 Å². The second-order valence-electron chi connectivity index (χ2n) is 4.44. The molecule has 0 saturated carbocycles. The molecule has 0 saturated heterocycles. The van der Waals surface area contributed by atoms with E-state index in [0.717, 1.165) is 5.56 Å². The SMILES string of the molecule is CCOC(=O)Nc1ccccc1C(=O)c1cc(C)ccn1. The number of pyridine rings is 1. The molecule has 0 atom stereocenters. The molecule has 1 heterocycles. The molecule has 0 radical (unpaired) electrons. The third-order valence-corrected chi connectivity index (χ3v) is 2.83. The minimum absolute atomic E-state index is 0.244. The molecule has 0 fully saturated rings. The number of nitrogens with one attached hydrogen (secondary N) is 1. The molecule has 5 heteroatoms. The Balaban J connectivity index is 2.31. The Kier molecular flexibility index (Phi) is 4.66. The summed E-state index contributed by atoms with van der Waals surface area (Å²) < 4.78 is 4.83. The normalized spacial score (nSPS) is 10.0. The Bertz CT molecular complexity index is 668. The fourth-order valence-corrected chi connectivity index (χ4v) is 1.87. The first kappa shape index (κ1) is 14.7. The number of para-hydroxylation sites is 1. The lowest BCUT2D eigenvalue weighted by Crippen LogP contribution is -2.16. The van der Waals surface area contributed by atoms with E-state index in [1.54, 1.807) is 43.5 Å². The minimum atomic E-state index is -0.588. The van der Waals surface area contributed by atoms with E-state index in [0.29, 0.717) is 16.9 Å². The average Bonchev–Trinajstić information content (AvgIpc) is 2.47. The van der Waals surface area contributed by atoms with E-state index in [-0.39, 0.29) is 12.4 Å². The van der Waals surface area contributed by atoms with Gasteiger partial charge in [0.15, 0.2) is 0 Å². The minimum Gasteiger partial charge on any atom is -0.450 e. The summed E-state index contributed by atoms with van der Waals surface area (Å²) in [6.07, 6.45) is 0.999. The van der Waals surface area contributed by atoms with Gasteiger partial charge in [-0.05, 0) is 43.7 Å². The maximum Gasteiger partial charge on any atom is 0.411 e. The zero-order valence-corrected chi connectivity index (χ0v) is 11.9. The van der Waals surface area contributed by atoms with Gasteiger partial charge in [-0.2, -0.15) is 0 Å². The average molecular weight is 284 g/mol. The Labute approximate surface area is 123 Å². The molecule has 5 nitrogen and oxygen atoms in total. The Morgan fingerprint density at radius 2 is 2.00 bits per heavy atom. The molecule has 0 unspecified atom stereocenters. The standard InChI is InChI=1S/C16H16N2O3/c1-3-21-16(20)18-13-7-5-4-6-12(13)15(19)14-10-11(2)8-9-17-14/h4-10H,3H2,1-2H3,(H,18,20). The van der Waals surface area contributed by atoms with Gasteiger partial charge < -0.3 is 4.74 Å². The Morgan fingerprint density at radius 3 is 2.71 bits per heavy atom. The monoisotopic (exact) mass is 284 g/mol. The molecule has 0 spiro atoms. The number of anilines is 1. The quantitative estimate of drug-likeness (QED) is 0.875. The second-order valence-corrected chi connectivity index (χ2v) is 4.44. The lowest BCUT2D eigenvalue weighted by atomic mass is 10.0. The van der Waals surface area contributed by atoms with Crippen molar-refractivity contribution in [2.45, 2.75) is 13.8 Å². The van der Waals surface area contributed by atoms with Crippen LogP contribution in [0.5, 0.6) is 0 Å². The fourth-order valence-electron chi connectivity index (χ4n) is 1.87. The summed E-state index contributed by atoms with van der Waals surface area (Å²) in [7, 11) is 0. The first-order valence-electron chi connectivity index (χ1n) is 6.62. The van der Waals surface area contributed by atoms with E-state index in [1.165, 1.54) is 0 Å². The van der Waals surface area contributed by atoms with Gasteiger partial charge in [0.25, 0.3) is 0 Å². The van der Waals surface area contributed by atoms with Crippen molar-refractivity contribution in [1.82, 2.24) is 4.98 Å². The molecule has 0 aliphatic heterocycles. The lowest BCUT2D eigenvalue weighted by Gasteiger charge is -2.10. The van der Waals surface area contributed by atoms with Crippen LogP contribution in [0.1, 0.15) is 28.5 Å². The van der Waals surface area contributed by atoms with Crippen LogP contribution in [0.4, 0.5) is 10.5 Å². The first-order chi connectivity index (χ1) is 10.1. The number of carbonyl (C=O) groups excluding carboxylic acids is 2. The maximum atomic E-state index is 12.5. The summed E-state index contributed by atoms with van der Waals surface area (Å²) in [5, 5.41) is 2.57. The molecule has 1 N–H and O–H groups in total. The number of ketones is 1. The molecule has 0 bridgehead atoms. The molecule has 2 rings (SSSR count). The van der Waals surface area contributed by atoms with Gasteiger partial charge in [0.05, 0.1) is 12.3 Å². The van der Waals surface area contributed by atoms with Gasteiger partial charge in [0.1, 0.15) is 5.69 Å². The van der Waals surface area contributed by atoms with Gasteiger partial charge in [0.2, 0.25) is 5.78 Å². The van der Waals surface area contributed by atoms with Crippen LogP contribution in [-0.2, 0) is 4.74 Å². The van der Waals surface area contributed by atoms with Gasteiger partial charge in [-0.25, -0.2) is 4.79 Å². The van der Waals surface area contributed by atoms with Crippen LogP contribution in [0.3, 0.4) is 0 Å². The van der Waals surface area contributed by atoms with E-state index in [4.69, 9.17) is 4.74 Å². The second kappa shape index (κ2) is 6.65. The molecule has 0 aliphatic rings. The predicted octanol–water partition coefficient (Wildman–Crippen LogP) is 3.19. The number of amides is 1. The number of nitrogens with zero attached hydrogens (tertiary/aromatic N) is 1. The van der Waals surface area contributed by atoms with Gasteiger partial charge >= 0.3 is 6.09 Å². The molecule has 1 aromatic carbocycles. The van der Waals surface area contributed by atoms with Crippen LogP contribution in [0.2, 0.25) is 0 Å². The van der Waals surface area contributed by atoms with Gasteiger partial charge in [0, 0.05) is 11.8 Å². The van der Waals surface area contributed by atoms with Crippen molar-refractivity contribution >= 4 is 17.6 Å². The number of hydrogen-bond acceptors (Lipinski definition) is 4. The number of rotatable bonds is 4. The van der Waals surface area contributed by atoms with E-state index < -0.39 is 6.09 Å². The summed E-state index contributed by atoms with van der Waals surface area (Å²) in [6, 6.07) is 10.3. The summed E-state index contributed by atoms with van der Waals surface area (Å²) in [6.45, 7) is 3.87. The van der Waals surface area contributed by atoms with Crippen LogP contribution < -0.4 is 5.32 Å². The van der Waals surface area contributed by atoms with Crippen molar-refractivity contribution in [2.75, 3.05) is 11.9 Å². The van der Waals surface area contributed by atoms with E-state index in [2.05, 4.69) is 10.3 Å². The summed E-state index contributed by atoms with van der Waals surface area (Å²) in [5.74, 6) is -0.244. The lowest BCUT2D eigenvalue weighted by molar-refractivity contribution is 0.103. The highest BCUT2D eigenvalue weighted by Crippen LogP contribution is 2.19. The van der Waals surface area contributed by atoms with Gasteiger partial charge in [-0.1, -0.05) is 12.1 Å². The maximum absolute atomic E-state index is 12.5. The molecule has 1 aromatic heterocycles. The predicted molar refractivity (Wildman–Crippen MR) is 79.5 cm³/mol. The summed E-state index contributed by atoms with van der Waals surface area (Å²) in [5.41, 5.74) is 2.07. The summed E-state index contributed by atoms with van der Waals surface area (Å²) >= 11 is 0.